The first kappa shape index (κ1) is 12.3. The minimum Gasteiger partial charge on any atom is -0.478 e. The van der Waals surface area contributed by atoms with E-state index in [2.05, 4.69) is 11.8 Å². The average Bonchev–Trinajstić information content (AvgIpc) is 3.04. The first-order chi connectivity index (χ1) is 8.20. The summed E-state index contributed by atoms with van der Waals surface area (Å²) in [7, 11) is 0. The molecule has 0 aromatic carbocycles. The molecule has 0 radical (unpaired) electrons. The van der Waals surface area contributed by atoms with E-state index in [1.165, 1.54) is 23.8 Å². The topological polar surface area (TPSA) is 40.5 Å². The van der Waals surface area contributed by atoms with Gasteiger partial charge >= 0.3 is 5.97 Å². The van der Waals surface area contributed by atoms with Gasteiger partial charge in [0, 0.05) is 23.5 Å². The zero-order chi connectivity index (χ0) is 12.3. The summed E-state index contributed by atoms with van der Waals surface area (Å²) in [5, 5.41) is 10.7. The minimum absolute atomic E-state index is 0.749. The van der Waals surface area contributed by atoms with E-state index in [9.17, 15) is 4.79 Å². The SMILES string of the molecule is CCN(Cc1sccc1C=CC(=O)O)C1CC1. The van der Waals surface area contributed by atoms with Gasteiger partial charge in [-0.2, -0.15) is 0 Å². The van der Waals surface area contributed by atoms with Gasteiger partial charge in [0.1, 0.15) is 0 Å². The van der Waals surface area contributed by atoms with Crippen molar-refractivity contribution in [3.63, 3.8) is 0 Å². The van der Waals surface area contributed by atoms with Crippen LogP contribution in [-0.2, 0) is 11.3 Å². The van der Waals surface area contributed by atoms with Crippen LogP contribution in [0.15, 0.2) is 17.5 Å². The van der Waals surface area contributed by atoms with E-state index in [1.54, 1.807) is 17.4 Å². The number of hydrogen-bond acceptors (Lipinski definition) is 3. The van der Waals surface area contributed by atoms with E-state index in [0.717, 1.165) is 24.7 Å². The van der Waals surface area contributed by atoms with Crippen LogP contribution in [0.5, 0.6) is 0 Å². The number of rotatable bonds is 6. The molecule has 1 aliphatic carbocycles. The Morgan fingerprint density at radius 3 is 3.00 bits per heavy atom. The van der Waals surface area contributed by atoms with E-state index >= 15 is 0 Å². The lowest BCUT2D eigenvalue weighted by Crippen LogP contribution is -2.24. The van der Waals surface area contributed by atoms with Crippen LogP contribution in [0.2, 0.25) is 0 Å². The fraction of sp³-hybridized carbons (Fsp3) is 0.462. The van der Waals surface area contributed by atoms with Crippen molar-refractivity contribution in [1.29, 1.82) is 0 Å². The molecule has 4 heteroatoms. The van der Waals surface area contributed by atoms with Crippen molar-refractivity contribution in [2.75, 3.05) is 6.54 Å². The molecule has 1 aliphatic rings. The van der Waals surface area contributed by atoms with Gasteiger partial charge in [0.25, 0.3) is 0 Å². The summed E-state index contributed by atoms with van der Waals surface area (Å²) in [5.74, 6) is -0.892. The Labute approximate surface area is 105 Å². The third-order valence-electron chi connectivity index (χ3n) is 3.00. The van der Waals surface area contributed by atoms with Crippen molar-refractivity contribution in [2.45, 2.75) is 32.4 Å². The Morgan fingerprint density at radius 1 is 1.65 bits per heavy atom. The fourth-order valence-electron chi connectivity index (χ4n) is 1.91. The molecule has 1 fully saturated rings. The third kappa shape index (κ3) is 3.41. The molecule has 0 amide bonds. The molecular weight excluding hydrogens is 234 g/mol. The number of carboxylic acids is 1. The number of hydrogen-bond donors (Lipinski definition) is 1. The van der Waals surface area contributed by atoms with Crippen LogP contribution in [0.1, 0.15) is 30.2 Å². The Bertz CT molecular complexity index is 421. The Balaban J connectivity index is 2.04. The Kier molecular flexibility index (Phi) is 3.97. The van der Waals surface area contributed by atoms with Gasteiger partial charge in [0.2, 0.25) is 0 Å². The van der Waals surface area contributed by atoms with Gasteiger partial charge in [-0.3, -0.25) is 4.90 Å². The predicted octanol–water partition coefficient (Wildman–Crippen LogP) is 2.83. The summed E-state index contributed by atoms with van der Waals surface area (Å²) in [5.41, 5.74) is 1.04. The minimum atomic E-state index is -0.892. The van der Waals surface area contributed by atoms with Crippen molar-refractivity contribution in [3.05, 3.63) is 28.0 Å². The summed E-state index contributed by atoms with van der Waals surface area (Å²) in [4.78, 5) is 14.2. The van der Waals surface area contributed by atoms with E-state index in [4.69, 9.17) is 5.11 Å². The van der Waals surface area contributed by atoms with Gasteiger partial charge in [-0.25, -0.2) is 4.79 Å². The maximum atomic E-state index is 10.5. The quantitative estimate of drug-likeness (QED) is 0.790. The number of carboxylic acid groups (broad SMARTS) is 1. The molecule has 0 atom stereocenters. The molecule has 2 rings (SSSR count). The van der Waals surface area contributed by atoms with Gasteiger partial charge in [-0.15, -0.1) is 11.3 Å². The molecule has 0 spiro atoms. The highest BCUT2D eigenvalue weighted by atomic mass is 32.1. The molecule has 1 heterocycles. The van der Waals surface area contributed by atoms with Crippen molar-refractivity contribution in [3.8, 4) is 0 Å². The van der Waals surface area contributed by atoms with Crippen molar-refractivity contribution in [2.24, 2.45) is 0 Å². The maximum absolute atomic E-state index is 10.5. The summed E-state index contributed by atoms with van der Waals surface area (Å²) in [6, 6.07) is 2.73. The fourth-order valence-corrected chi connectivity index (χ4v) is 2.80. The second kappa shape index (κ2) is 5.47. The van der Waals surface area contributed by atoms with Gasteiger partial charge in [-0.1, -0.05) is 6.92 Å². The van der Waals surface area contributed by atoms with Gasteiger partial charge in [0.15, 0.2) is 0 Å². The highest BCUT2D eigenvalue weighted by Crippen LogP contribution is 2.30. The van der Waals surface area contributed by atoms with E-state index in [-0.39, 0.29) is 0 Å². The summed E-state index contributed by atoms with van der Waals surface area (Å²) in [6.07, 6.45) is 5.51. The predicted molar refractivity (Wildman–Crippen MR) is 70.1 cm³/mol. The van der Waals surface area contributed by atoms with Crippen LogP contribution in [0.4, 0.5) is 0 Å². The van der Waals surface area contributed by atoms with E-state index < -0.39 is 5.97 Å². The van der Waals surface area contributed by atoms with E-state index in [0.29, 0.717) is 0 Å². The summed E-state index contributed by atoms with van der Waals surface area (Å²) < 4.78 is 0. The lowest BCUT2D eigenvalue weighted by molar-refractivity contribution is -0.131. The molecule has 1 saturated carbocycles. The monoisotopic (exact) mass is 251 g/mol. The summed E-state index contributed by atoms with van der Waals surface area (Å²) in [6.45, 7) is 4.18. The van der Waals surface area contributed by atoms with Crippen molar-refractivity contribution in [1.82, 2.24) is 4.90 Å². The number of carbonyl (C=O) groups is 1. The van der Waals surface area contributed by atoms with Gasteiger partial charge in [-0.05, 0) is 42.5 Å². The maximum Gasteiger partial charge on any atom is 0.328 e. The number of nitrogens with zero attached hydrogens (tertiary/aromatic N) is 1. The van der Waals surface area contributed by atoms with Crippen LogP contribution in [0, 0.1) is 0 Å². The van der Waals surface area contributed by atoms with Crippen LogP contribution >= 0.6 is 11.3 Å². The Morgan fingerprint density at radius 2 is 2.41 bits per heavy atom. The molecule has 17 heavy (non-hydrogen) atoms. The second-order valence-corrected chi connectivity index (χ2v) is 5.27. The molecule has 1 aromatic rings. The highest BCUT2D eigenvalue weighted by molar-refractivity contribution is 7.10. The molecule has 1 aromatic heterocycles. The molecule has 92 valence electrons. The summed E-state index contributed by atoms with van der Waals surface area (Å²) >= 11 is 1.70. The first-order valence-electron chi connectivity index (χ1n) is 5.92. The normalized spacial score (nSPS) is 15.9. The van der Waals surface area contributed by atoms with Gasteiger partial charge < -0.3 is 5.11 Å². The van der Waals surface area contributed by atoms with Crippen LogP contribution < -0.4 is 0 Å². The number of aliphatic carboxylic acids is 1. The highest BCUT2D eigenvalue weighted by Gasteiger charge is 2.28. The molecule has 3 nitrogen and oxygen atoms in total. The molecule has 1 N–H and O–H groups in total. The van der Waals surface area contributed by atoms with Crippen LogP contribution in [-0.4, -0.2) is 28.6 Å². The molecule has 0 unspecified atom stereocenters. The van der Waals surface area contributed by atoms with Crippen LogP contribution in [0.3, 0.4) is 0 Å². The zero-order valence-electron chi connectivity index (χ0n) is 9.93. The van der Waals surface area contributed by atoms with Crippen molar-refractivity contribution < 1.29 is 9.90 Å². The van der Waals surface area contributed by atoms with E-state index in [1.807, 2.05) is 11.4 Å². The first-order valence-corrected chi connectivity index (χ1v) is 6.80. The second-order valence-electron chi connectivity index (χ2n) is 4.26. The lowest BCUT2D eigenvalue weighted by atomic mass is 10.2. The molecule has 0 saturated heterocycles. The standard InChI is InChI=1S/C13H17NO2S/c1-2-14(11-4-5-11)9-12-10(7-8-17-12)3-6-13(15)16/h3,6-8,11H,2,4-5,9H2,1H3,(H,15,16). The largest absolute Gasteiger partial charge is 0.478 e. The Hall–Kier alpha value is -1.13. The lowest BCUT2D eigenvalue weighted by Gasteiger charge is -2.19. The zero-order valence-corrected chi connectivity index (χ0v) is 10.7. The smallest absolute Gasteiger partial charge is 0.328 e. The average molecular weight is 251 g/mol. The molecular formula is C13H17NO2S. The molecule has 0 aliphatic heterocycles. The van der Waals surface area contributed by atoms with Crippen molar-refractivity contribution >= 4 is 23.4 Å². The third-order valence-corrected chi connectivity index (χ3v) is 3.92. The molecule has 0 bridgehead atoms. The van der Waals surface area contributed by atoms with Crippen LogP contribution in [0.25, 0.3) is 6.08 Å². The number of thiophene rings is 1. The van der Waals surface area contributed by atoms with Gasteiger partial charge in [0.05, 0.1) is 0 Å².